The van der Waals surface area contributed by atoms with Gasteiger partial charge in [0.1, 0.15) is 0 Å². The van der Waals surface area contributed by atoms with Crippen LogP contribution in [0.5, 0.6) is 0 Å². The van der Waals surface area contributed by atoms with Crippen molar-refractivity contribution in [3.8, 4) is 11.3 Å². The fourth-order valence-electron chi connectivity index (χ4n) is 2.67. The van der Waals surface area contributed by atoms with Crippen molar-refractivity contribution in [2.24, 2.45) is 4.99 Å². The van der Waals surface area contributed by atoms with Crippen LogP contribution >= 0.6 is 11.6 Å². The molecule has 0 atom stereocenters. The average Bonchev–Trinajstić information content (AvgIpc) is 2.92. The highest BCUT2D eigenvalue weighted by molar-refractivity contribution is 6.30. The Balaban J connectivity index is 2.10. The van der Waals surface area contributed by atoms with Gasteiger partial charge in [0.15, 0.2) is 5.78 Å². The van der Waals surface area contributed by atoms with Gasteiger partial charge in [0.25, 0.3) is 0 Å². The zero-order valence-electron chi connectivity index (χ0n) is 13.5. The zero-order valence-corrected chi connectivity index (χ0v) is 14.3. The first-order chi connectivity index (χ1) is 11.6. The molecule has 24 heavy (non-hydrogen) atoms. The second-order valence-corrected chi connectivity index (χ2v) is 6.02. The molecule has 0 aliphatic carbocycles. The number of H-pyrrole nitrogens is 1. The maximum absolute atomic E-state index is 12.1. The Bertz CT molecular complexity index is 893. The van der Waals surface area contributed by atoms with Gasteiger partial charge >= 0.3 is 0 Å². The number of aromatic amines is 1. The molecule has 0 amide bonds. The number of hydrogen-bond donors (Lipinski definition) is 1. The minimum atomic E-state index is -0.00538. The van der Waals surface area contributed by atoms with E-state index in [1.807, 2.05) is 61.5 Å². The summed E-state index contributed by atoms with van der Waals surface area (Å²) < 4.78 is 0. The Morgan fingerprint density at radius 3 is 2.38 bits per heavy atom. The molecule has 0 saturated carbocycles. The smallest absolute Gasteiger partial charge is 0.163 e. The number of carbonyl (C=O) groups excluding carboxylic acids is 1. The van der Waals surface area contributed by atoms with Crippen LogP contribution in [-0.4, -0.2) is 17.0 Å². The number of aliphatic imine (C=N–C) groups is 1. The van der Waals surface area contributed by atoms with Crippen molar-refractivity contribution in [2.75, 3.05) is 0 Å². The lowest BCUT2D eigenvalue weighted by Crippen LogP contribution is -1.93. The monoisotopic (exact) mass is 336 g/mol. The first-order valence-corrected chi connectivity index (χ1v) is 8.02. The Labute approximate surface area is 146 Å². The highest BCUT2D eigenvalue weighted by Crippen LogP contribution is 2.35. The number of halogens is 1. The summed E-state index contributed by atoms with van der Waals surface area (Å²) in [6.07, 6.45) is 1.75. The SMILES string of the molecule is CC(=O)c1c(C)[nH]c(-c2ccccc2)c1/N=C/c1ccc(Cl)cc1. The molecule has 0 radical (unpaired) electrons. The predicted octanol–water partition coefficient (Wildman–Crippen LogP) is 5.60. The van der Waals surface area contributed by atoms with Crippen molar-refractivity contribution in [3.05, 3.63) is 76.4 Å². The molecule has 0 bridgehead atoms. The van der Waals surface area contributed by atoms with Crippen LogP contribution in [0.2, 0.25) is 5.02 Å². The van der Waals surface area contributed by atoms with Crippen LogP contribution in [0.15, 0.2) is 59.6 Å². The molecule has 0 aliphatic heterocycles. The van der Waals surface area contributed by atoms with Gasteiger partial charge in [-0.2, -0.15) is 0 Å². The van der Waals surface area contributed by atoms with E-state index in [1.54, 1.807) is 13.1 Å². The largest absolute Gasteiger partial charge is 0.356 e. The number of nitrogens with one attached hydrogen (secondary N) is 1. The Kier molecular flexibility index (Phi) is 4.63. The summed E-state index contributed by atoms with van der Waals surface area (Å²) in [7, 11) is 0. The van der Waals surface area contributed by atoms with E-state index in [9.17, 15) is 4.79 Å². The maximum Gasteiger partial charge on any atom is 0.163 e. The second kappa shape index (κ2) is 6.85. The van der Waals surface area contributed by atoms with Gasteiger partial charge in [-0.05, 0) is 31.5 Å². The molecule has 3 rings (SSSR count). The molecule has 0 fully saturated rings. The second-order valence-electron chi connectivity index (χ2n) is 5.58. The summed E-state index contributed by atoms with van der Waals surface area (Å²) in [6.45, 7) is 3.46. The normalized spacial score (nSPS) is 11.1. The molecule has 0 saturated heterocycles. The van der Waals surface area contributed by atoms with Crippen molar-refractivity contribution >= 4 is 29.3 Å². The van der Waals surface area contributed by atoms with Gasteiger partial charge in [0.05, 0.1) is 16.9 Å². The van der Waals surface area contributed by atoms with E-state index < -0.39 is 0 Å². The summed E-state index contributed by atoms with van der Waals surface area (Å²) in [4.78, 5) is 20.0. The molecule has 3 nitrogen and oxygen atoms in total. The number of aryl methyl sites for hydroxylation is 1. The van der Waals surface area contributed by atoms with Gasteiger partial charge in [0.2, 0.25) is 0 Å². The van der Waals surface area contributed by atoms with E-state index in [0.717, 1.165) is 22.5 Å². The van der Waals surface area contributed by atoms with Crippen molar-refractivity contribution in [1.29, 1.82) is 0 Å². The number of aromatic nitrogens is 1. The lowest BCUT2D eigenvalue weighted by Gasteiger charge is -2.02. The lowest BCUT2D eigenvalue weighted by atomic mass is 10.1. The molecule has 0 aliphatic rings. The standard InChI is InChI=1S/C20H17ClN2O/c1-13-18(14(2)24)20(19(23-13)16-6-4-3-5-7-16)22-12-15-8-10-17(21)11-9-15/h3-12,23H,1-2H3/b22-12+. The topological polar surface area (TPSA) is 45.2 Å². The highest BCUT2D eigenvalue weighted by atomic mass is 35.5. The minimum absolute atomic E-state index is 0.00538. The van der Waals surface area contributed by atoms with Gasteiger partial charge in [-0.15, -0.1) is 0 Å². The molecule has 3 aromatic rings. The van der Waals surface area contributed by atoms with E-state index in [2.05, 4.69) is 9.98 Å². The molecular formula is C20H17ClN2O. The molecule has 1 heterocycles. The molecule has 1 N–H and O–H groups in total. The quantitative estimate of drug-likeness (QED) is 0.489. The molecule has 0 unspecified atom stereocenters. The van der Waals surface area contributed by atoms with Crippen LogP contribution in [0.25, 0.3) is 11.3 Å². The fourth-order valence-corrected chi connectivity index (χ4v) is 2.80. The number of hydrogen-bond acceptors (Lipinski definition) is 2. The third-order valence-electron chi connectivity index (χ3n) is 3.79. The van der Waals surface area contributed by atoms with Crippen molar-refractivity contribution in [2.45, 2.75) is 13.8 Å². The van der Waals surface area contributed by atoms with Crippen LogP contribution in [0, 0.1) is 6.92 Å². The lowest BCUT2D eigenvalue weighted by molar-refractivity contribution is 0.101. The number of benzene rings is 2. The van der Waals surface area contributed by atoms with Gasteiger partial charge in [0, 0.05) is 22.5 Å². The first kappa shape index (κ1) is 16.2. The molecule has 120 valence electrons. The van der Waals surface area contributed by atoms with E-state index in [-0.39, 0.29) is 5.78 Å². The van der Waals surface area contributed by atoms with Crippen LogP contribution in [0.1, 0.15) is 28.5 Å². The fraction of sp³-hybridized carbons (Fsp3) is 0.100. The van der Waals surface area contributed by atoms with Crippen LogP contribution in [0.4, 0.5) is 5.69 Å². The first-order valence-electron chi connectivity index (χ1n) is 7.65. The number of nitrogens with zero attached hydrogens (tertiary/aromatic N) is 1. The number of Topliss-reactive ketones (excluding diaryl/α,β-unsaturated/α-hetero) is 1. The van der Waals surface area contributed by atoms with E-state index in [0.29, 0.717) is 16.3 Å². The highest BCUT2D eigenvalue weighted by Gasteiger charge is 2.18. The Morgan fingerprint density at radius 2 is 1.75 bits per heavy atom. The predicted molar refractivity (Wildman–Crippen MR) is 99.7 cm³/mol. The summed E-state index contributed by atoms with van der Waals surface area (Å²) in [5, 5.41) is 0.680. The van der Waals surface area contributed by atoms with E-state index >= 15 is 0 Å². The van der Waals surface area contributed by atoms with E-state index in [4.69, 9.17) is 11.6 Å². The zero-order chi connectivity index (χ0) is 17.1. The van der Waals surface area contributed by atoms with Crippen molar-refractivity contribution < 1.29 is 4.79 Å². The average molecular weight is 337 g/mol. The van der Waals surface area contributed by atoms with Gasteiger partial charge in [-0.3, -0.25) is 9.79 Å². The number of ketones is 1. The number of carbonyl (C=O) groups is 1. The third kappa shape index (κ3) is 3.31. The van der Waals surface area contributed by atoms with Crippen molar-refractivity contribution in [3.63, 3.8) is 0 Å². The van der Waals surface area contributed by atoms with Gasteiger partial charge in [-0.25, -0.2) is 0 Å². The van der Waals surface area contributed by atoms with Crippen LogP contribution in [0.3, 0.4) is 0 Å². The molecular weight excluding hydrogens is 320 g/mol. The molecule has 0 spiro atoms. The summed E-state index contributed by atoms with van der Waals surface area (Å²) in [5.74, 6) is -0.00538. The molecule has 4 heteroatoms. The van der Waals surface area contributed by atoms with Crippen LogP contribution < -0.4 is 0 Å². The summed E-state index contributed by atoms with van der Waals surface area (Å²) in [5.41, 5.74) is 4.89. The van der Waals surface area contributed by atoms with Gasteiger partial charge in [-0.1, -0.05) is 54.1 Å². The minimum Gasteiger partial charge on any atom is -0.356 e. The molecule has 1 aromatic heterocycles. The molecule has 2 aromatic carbocycles. The Morgan fingerprint density at radius 1 is 1.08 bits per heavy atom. The number of rotatable bonds is 4. The third-order valence-corrected chi connectivity index (χ3v) is 4.04. The van der Waals surface area contributed by atoms with Gasteiger partial charge < -0.3 is 4.98 Å². The summed E-state index contributed by atoms with van der Waals surface area (Å²) >= 11 is 5.91. The summed E-state index contributed by atoms with van der Waals surface area (Å²) in [6, 6.07) is 17.3. The van der Waals surface area contributed by atoms with Crippen LogP contribution in [-0.2, 0) is 0 Å². The van der Waals surface area contributed by atoms with E-state index in [1.165, 1.54) is 0 Å². The Hall–Kier alpha value is -2.65. The van der Waals surface area contributed by atoms with Crippen molar-refractivity contribution in [1.82, 2.24) is 4.98 Å². The maximum atomic E-state index is 12.1.